The number of halogens is 1. The summed E-state index contributed by atoms with van der Waals surface area (Å²) in [4.78, 5) is 10.7. The summed E-state index contributed by atoms with van der Waals surface area (Å²) in [5.74, 6) is 0.697. The summed E-state index contributed by atoms with van der Waals surface area (Å²) in [5, 5.41) is 3.23. The predicted octanol–water partition coefficient (Wildman–Crippen LogP) is 3.02. The molecule has 0 unspecified atom stereocenters. The highest BCUT2D eigenvalue weighted by atomic mass is 127. The van der Waals surface area contributed by atoms with Crippen molar-refractivity contribution in [3.05, 3.63) is 46.3 Å². The second kappa shape index (κ2) is 7.28. The molecule has 5 heteroatoms. The van der Waals surface area contributed by atoms with E-state index in [1.165, 1.54) is 5.69 Å². The first-order valence-corrected chi connectivity index (χ1v) is 7.31. The first-order valence-electron chi connectivity index (χ1n) is 6.23. The monoisotopic (exact) mass is 368 g/mol. The standard InChI is InChI=1S/C14H17IN4/c1-19(13-6-3-2-4-7-13)9-5-8-16-14-17-10-12(15)11-18-14/h2-4,6-7,10-11H,5,8-9H2,1H3,(H,16,17,18). The fourth-order valence-electron chi connectivity index (χ4n) is 1.73. The zero-order valence-electron chi connectivity index (χ0n) is 10.9. The van der Waals surface area contributed by atoms with Gasteiger partial charge >= 0.3 is 0 Å². The minimum Gasteiger partial charge on any atom is -0.375 e. The van der Waals surface area contributed by atoms with E-state index in [0.29, 0.717) is 5.95 Å². The van der Waals surface area contributed by atoms with Crippen LogP contribution in [0.1, 0.15) is 6.42 Å². The third-order valence-electron chi connectivity index (χ3n) is 2.77. The highest BCUT2D eigenvalue weighted by Gasteiger charge is 2.00. The van der Waals surface area contributed by atoms with Crippen LogP contribution in [0.25, 0.3) is 0 Å². The Bertz CT molecular complexity index is 487. The molecule has 0 amide bonds. The van der Waals surface area contributed by atoms with Gasteiger partial charge in [-0.1, -0.05) is 18.2 Å². The van der Waals surface area contributed by atoms with Crippen LogP contribution in [0.5, 0.6) is 0 Å². The Labute approximate surface area is 127 Å². The molecule has 1 aromatic carbocycles. The first kappa shape index (κ1) is 14.0. The van der Waals surface area contributed by atoms with Gasteiger partial charge in [0.25, 0.3) is 0 Å². The molecular weight excluding hydrogens is 351 g/mol. The normalized spacial score (nSPS) is 10.2. The first-order chi connectivity index (χ1) is 9.25. The number of hydrogen-bond donors (Lipinski definition) is 1. The SMILES string of the molecule is CN(CCCNc1ncc(I)cn1)c1ccccc1. The van der Waals surface area contributed by atoms with Crippen molar-refractivity contribution >= 4 is 34.2 Å². The van der Waals surface area contributed by atoms with Crippen molar-refractivity contribution in [1.29, 1.82) is 0 Å². The van der Waals surface area contributed by atoms with Crippen molar-refractivity contribution in [2.24, 2.45) is 0 Å². The fourth-order valence-corrected chi connectivity index (χ4v) is 2.01. The van der Waals surface area contributed by atoms with Gasteiger partial charge in [0.05, 0.1) is 0 Å². The summed E-state index contributed by atoms with van der Waals surface area (Å²) >= 11 is 2.20. The van der Waals surface area contributed by atoms with Gasteiger partial charge < -0.3 is 10.2 Å². The van der Waals surface area contributed by atoms with E-state index in [1.807, 2.05) is 18.5 Å². The maximum atomic E-state index is 4.21. The second-order valence-electron chi connectivity index (χ2n) is 4.26. The highest BCUT2D eigenvalue weighted by Crippen LogP contribution is 2.11. The van der Waals surface area contributed by atoms with E-state index >= 15 is 0 Å². The van der Waals surface area contributed by atoms with Crippen LogP contribution in [0.3, 0.4) is 0 Å². The average molecular weight is 368 g/mol. The molecule has 0 bridgehead atoms. The predicted molar refractivity (Wildman–Crippen MR) is 87.6 cm³/mol. The lowest BCUT2D eigenvalue weighted by atomic mass is 10.3. The number of aromatic nitrogens is 2. The van der Waals surface area contributed by atoms with E-state index < -0.39 is 0 Å². The molecule has 0 aliphatic rings. The van der Waals surface area contributed by atoms with Crippen LogP contribution in [0, 0.1) is 3.57 Å². The Balaban J connectivity index is 1.71. The molecule has 0 aliphatic carbocycles. The maximum Gasteiger partial charge on any atom is 0.222 e. The quantitative estimate of drug-likeness (QED) is 0.629. The zero-order chi connectivity index (χ0) is 13.5. The lowest BCUT2D eigenvalue weighted by Crippen LogP contribution is -2.21. The van der Waals surface area contributed by atoms with E-state index in [4.69, 9.17) is 0 Å². The summed E-state index contributed by atoms with van der Waals surface area (Å²) in [5.41, 5.74) is 1.24. The Kier molecular flexibility index (Phi) is 5.38. The number of nitrogens with one attached hydrogen (secondary N) is 1. The Morgan fingerprint density at radius 3 is 2.53 bits per heavy atom. The van der Waals surface area contributed by atoms with Crippen molar-refractivity contribution in [3.8, 4) is 0 Å². The Hall–Kier alpha value is -1.37. The van der Waals surface area contributed by atoms with E-state index in [9.17, 15) is 0 Å². The van der Waals surface area contributed by atoms with Crippen molar-refractivity contribution in [3.63, 3.8) is 0 Å². The molecule has 1 aromatic heterocycles. The van der Waals surface area contributed by atoms with Crippen LogP contribution >= 0.6 is 22.6 Å². The van der Waals surface area contributed by atoms with Gasteiger partial charge in [0.1, 0.15) is 0 Å². The molecule has 1 N–H and O–H groups in total. The molecule has 0 atom stereocenters. The molecular formula is C14H17IN4. The Morgan fingerprint density at radius 1 is 1.16 bits per heavy atom. The van der Waals surface area contributed by atoms with Crippen LogP contribution in [-0.2, 0) is 0 Å². The largest absolute Gasteiger partial charge is 0.375 e. The molecule has 2 rings (SSSR count). The minimum absolute atomic E-state index is 0.697. The van der Waals surface area contributed by atoms with E-state index in [0.717, 1.165) is 23.1 Å². The second-order valence-corrected chi connectivity index (χ2v) is 5.51. The lowest BCUT2D eigenvalue weighted by molar-refractivity contribution is 0.810. The van der Waals surface area contributed by atoms with Crippen molar-refractivity contribution in [1.82, 2.24) is 9.97 Å². The number of anilines is 2. The van der Waals surface area contributed by atoms with Crippen molar-refractivity contribution in [2.45, 2.75) is 6.42 Å². The van der Waals surface area contributed by atoms with E-state index in [2.05, 4.69) is 74.1 Å². The van der Waals surface area contributed by atoms with Gasteiger partial charge in [-0.2, -0.15) is 0 Å². The molecule has 0 saturated carbocycles. The number of nitrogens with zero attached hydrogens (tertiary/aromatic N) is 3. The average Bonchev–Trinajstić information content (AvgIpc) is 2.46. The summed E-state index contributed by atoms with van der Waals surface area (Å²) < 4.78 is 1.05. The fraction of sp³-hybridized carbons (Fsp3) is 0.286. The van der Waals surface area contributed by atoms with Crippen molar-refractivity contribution < 1.29 is 0 Å². The Morgan fingerprint density at radius 2 is 1.84 bits per heavy atom. The molecule has 0 saturated heterocycles. The topological polar surface area (TPSA) is 41.0 Å². The number of para-hydroxylation sites is 1. The summed E-state index contributed by atoms with van der Waals surface area (Å²) in [7, 11) is 2.11. The van der Waals surface area contributed by atoms with Gasteiger partial charge in [-0.05, 0) is 41.1 Å². The van der Waals surface area contributed by atoms with Crippen LogP contribution in [0.2, 0.25) is 0 Å². The van der Waals surface area contributed by atoms with Gasteiger partial charge in [0.15, 0.2) is 0 Å². The lowest BCUT2D eigenvalue weighted by Gasteiger charge is -2.19. The van der Waals surface area contributed by atoms with E-state index in [-0.39, 0.29) is 0 Å². The molecule has 19 heavy (non-hydrogen) atoms. The van der Waals surface area contributed by atoms with Crippen LogP contribution < -0.4 is 10.2 Å². The molecule has 1 heterocycles. The molecule has 0 fully saturated rings. The van der Waals surface area contributed by atoms with Crippen LogP contribution in [0.15, 0.2) is 42.7 Å². The van der Waals surface area contributed by atoms with Gasteiger partial charge in [0, 0.05) is 41.8 Å². The maximum absolute atomic E-state index is 4.21. The van der Waals surface area contributed by atoms with Gasteiger partial charge in [0.2, 0.25) is 5.95 Å². The van der Waals surface area contributed by atoms with Crippen LogP contribution in [-0.4, -0.2) is 30.1 Å². The number of hydrogen-bond acceptors (Lipinski definition) is 4. The molecule has 4 nitrogen and oxygen atoms in total. The smallest absolute Gasteiger partial charge is 0.222 e. The third kappa shape index (κ3) is 4.66. The van der Waals surface area contributed by atoms with Crippen molar-refractivity contribution in [2.75, 3.05) is 30.4 Å². The third-order valence-corrected chi connectivity index (χ3v) is 3.33. The summed E-state index contributed by atoms with van der Waals surface area (Å²) in [6.07, 6.45) is 4.67. The minimum atomic E-state index is 0.697. The number of rotatable bonds is 6. The molecule has 100 valence electrons. The highest BCUT2D eigenvalue weighted by molar-refractivity contribution is 14.1. The molecule has 2 aromatic rings. The van der Waals surface area contributed by atoms with Gasteiger partial charge in [-0.3, -0.25) is 0 Å². The molecule has 0 radical (unpaired) electrons. The van der Waals surface area contributed by atoms with Crippen LogP contribution in [0.4, 0.5) is 11.6 Å². The van der Waals surface area contributed by atoms with E-state index in [1.54, 1.807) is 0 Å². The van der Waals surface area contributed by atoms with Gasteiger partial charge in [-0.25, -0.2) is 9.97 Å². The van der Waals surface area contributed by atoms with Gasteiger partial charge in [-0.15, -0.1) is 0 Å². The molecule has 0 aliphatic heterocycles. The zero-order valence-corrected chi connectivity index (χ0v) is 13.0. The summed E-state index contributed by atoms with van der Waals surface area (Å²) in [6, 6.07) is 10.4. The molecule has 0 spiro atoms. The summed E-state index contributed by atoms with van der Waals surface area (Å²) in [6.45, 7) is 1.87. The number of benzene rings is 1.